The van der Waals surface area contributed by atoms with Gasteiger partial charge in [0.25, 0.3) is 0 Å². The average Bonchev–Trinajstić information content (AvgIpc) is 2.41. The van der Waals surface area contributed by atoms with Crippen molar-refractivity contribution in [1.82, 2.24) is 0 Å². The summed E-state index contributed by atoms with van der Waals surface area (Å²) in [6.07, 6.45) is 0. The third kappa shape index (κ3) is 5.17. The molecule has 1 amide bonds. The summed E-state index contributed by atoms with van der Waals surface area (Å²) in [6.45, 7) is 2.08. The number of nitrogens with one attached hydrogen (secondary N) is 1. The second-order valence-electron chi connectivity index (χ2n) is 4.54. The van der Waals surface area contributed by atoms with Gasteiger partial charge in [-0.25, -0.2) is 0 Å². The summed E-state index contributed by atoms with van der Waals surface area (Å²) in [7, 11) is 0. The van der Waals surface area contributed by atoms with Crippen molar-refractivity contribution in [2.75, 3.05) is 11.1 Å². The summed E-state index contributed by atoms with van der Waals surface area (Å²) in [6, 6.07) is 16.2. The van der Waals surface area contributed by atoms with Crippen LogP contribution in [0.3, 0.4) is 0 Å². The van der Waals surface area contributed by atoms with Crippen molar-refractivity contribution >= 4 is 45.9 Å². The Labute approximate surface area is 137 Å². The lowest BCUT2D eigenvalue weighted by atomic mass is 10.2. The van der Waals surface area contributed by atoms with Crippen LogP contribution in [0.5, 0.6) is 0 Å². The molecule has 0 aliphatic carbocycles. The lowest BCUT2D eigenvalue weighted by Gasteiger charge is -2.06. The topological polar surface area (TPSA) is 29.1 Å². The van der Waals surface area contributed by atoms with Gasteiger partial charge < -0.3 is 5.32 Å². The van der Waals surface area contributed by atoms with Crippen LogP contribution in [-0.2, 0) is 10.5 Å². The van der Waals surface area contributed by atoms with Gasteiger partial charge in [-0.1, -0.05) is 29.8 Å². The van der Waals surface area contributed by atoms with E-state index in [1.54, 1.807) is 11.8 Å². The number of thioether (sulfide) groups is 1. The summed E-state index contributed by atoms with van der Waals surface area (Å²) in [5.41, 5.74) is 3.37. The van der Waals surface area contributed by atoms with Crippen LogP contribution >= 0.6 is 34.4 Å². The molecule has 1 N–H and O–H groups in total. The van der Waals surface area contributed by atoms with Gasteiger partial charge in [0.05, 0.1) is 5.75 Å². The van der Waals surface area contributed by atoms with Crippen LogP contribution in [0.1, 0.15) is 11.1 Å². The quantitative estimate of drug-likeness (QED) is 0.755. The Morgan fingerprint density at radius 1 is 1.20 bits per heavy atom. The zero-order valence-corrected chi connectivity index (χ0v) is 14.2. The van der Waals surface area contributed by atoms with E-state index in [4.69, 9.17) is 0 Å². The monoisotopic (exact) mass is 397 g/mol. The zero-order valence-electron chi connectivity index (χ0n) is 11.2. The number of hydrogen-bond acceptors (Lipinski definition) is 2. The minimum Gasteiger partial charge on any atom is -0.325 e. The highest BCUT2D eigenvalue weighted by atomic mass is 127. The first-order valence-electron chi connectivity index (χ1n) is 6.32. The van der Waals surface area contributed by atoms with Crippen molar-refractivity contribution < 1.29 is 4.79 Å². The van der Waals surface area contributed by atoms with E-state index in [0.717, 1.165) is 15.0 Å². The van der Waals surface area contributed by atoms with Crippen LogP contribution in [-0.4, -0.2) is 11.7 Å². The minimum absolute atomic E-state index is 0.0452. The molecule has 0 atom stereocenters. The standard InChI is InChI=1S/C16H16INOS/c1-12-3-2-4-13(9-12)10-20-11-16(19)18-15-7-5-14(17)6-8-15/h2-9H,10-11H2,1H3,(H,18,19). The summed E-state index contributed by atoms with van der Waals surface area (Å²) >= 11 is 3.88. The van der Waals surface area contributed by atoms with E-state index < -0.39 is 0 Å². The molecule has 2 nitrogen and oxygen atoms in total. The van der Waals surface area contributed by atoms with E-state index in [9.17, 15) is 4.79 Å². The summed E-state index contributed by atoms with van der Waals surface area (Å²) in [5.74, 6) is 1.38. The van der Waals surface area contributed by atoms with E-state index in [1.807, 2.05) is 24.3 Å². The fourth-order valence-electron chi connectivity index (χ4n) is 1.79. The Bertz CT molecular complexity index is 583. The van der Waals surface area contributed by atoms with Crippen LogP contribution in [0.4, 0.5) is 5.69 Å². The molecule has 0 bridgehead atoms. The van der Waals surface area contributed by atoms with Crippen molar-refractivity contribution in [2.45, 2.75) is 12.7 Å². The molecule has 2 rings (SSSR count). The molecule has 20 heavy (non-hydrogen) atoms. The van der Waals surface area contributed by atoms with Crippen LogP contribution in [0.25, 0.3) is 0 Å². The van der Waals surface area contributed by atoms with Crippen molar-refractivity contribution in [3.05, 3.63) is 63.2 Å². The van der Waals surface area contributed by atoms with Crippen molar-refractivity contribution in [1.29, 1.82) is 0 Å². The number of rotatable bonds is 5. The molecule has 0 radical (unpaired) electrons. The predicted octanol–water partition coefficient (Wildman–Crippen LogP) is 4.47. The molecule has 2 aromatic rings. The van der Waals surface area contributed by atoms with Crippen molar-refractivity contribution in [3.63, 3.8) is 0 Å². The van der Waals surface area contributed by atoms with Gasteiger partial charge in [-0.05, 0) is 59.3 Å². The third-order valence-corrected chi connectivity index (χ3v) is 4.44. The van der Waals surface area contributed by atoms with Crippen LogP contribution in [0, 0.1) is 10.5 Å². The van der Waals surface area contributed by atoms with E-state index in [2.05, 4.69) is 59.1 Å². The number of aryl methyl sites for hydroxylation is 1. The Hall–Kier alpha value is -1.01. The molecule has 0 unspecified atom stereocenters. The highest BCUT2D eigenvalue weighted by molar-refractivity contribution is 14.1. The number of anilines is 1. The molecule has 2 aromatic carbocycles. The first kappa shape index (κ1) is 15.4. The smallest absolute Gasteiger partial charge is 0.234 e. The molecule has 0 saturated carbocycles. The number of carbonyl (C=O) groups is 1. The number of benzene rings is 2. The lowest BCUT2D eigenvalue weighted by molar-refractivity contribution is -0.113. The Morgan fingerprint density at radius 3 is 2.65 bits per heavy atom. The van der Waals surface area contributed by atoms with Crippen LogP contribution in [0.15, 0.2) is 48.5 Å². The number of hydrogen-bond donors (Lipinski definition) is 1. The molecule has 0 aromatic heterocycles. The Morgan fingerprint density at radius 2 is 1.95 bits per heavy atom. The Kier molecular flexibility index (Phi) is 5.91. The van der Waals surface area contributed by atoms with E-state index in [1.165, 1.54) is 11.1 Å². The maximum Gasteiger partial charge on any atom is 0.234 e. The molecule has 0 heterocycles. The molecule has 4 heteroatoms. The van der Waals surface area contributed by atoms with Gasteiger partial charge in [0.2, 0.25) is 5.91 Å². The summed E-state index contributed by atoms with van der Waals surface area (Å²) in [4.78, 5) is 11.8. The molecule has 104 valence electrons. The van der Waals surface area contributed by atoms with E-state index in [-0.39, 0.29) is 5.91 Å². The minimum atomic E-state index is 0.0452. The van der Waals surface area contributed by atoms with Gasteiger partial charge in [0.15, 0.2) is 0 Å². The van der Waals surface area contributed by atoms with Crippen LogP contribution < -0.4 is 5.32 Å². The second kappa shape index (κ2) is 7.69. The fourth-order valence-corrected chi connectivity index (χ4v) is 2.93. The van der Waals surface area contributed by atoms with Gasteiger partial charge in [0.1, 0.15) is 0 Å². The maximum absolute atomic E-state index is 11.8. The van der Waals surface area contributed by atoms with Crippen LogP contribution in [0.2, 0.25) is 0 Å². The highest BCUT2D eigenvalue weighted by Gasteiger charge is 2.03. The summed E-state index contributed by atoms with van der Waals surface area (Å²) < 4.78 is 1.16. The Balaban J connectivity index is 1.76. The fraction of sp³-hybridized carbons (Fsp3) is 0.188. The van der Waals surface area contributed by atoms with Gasteiger partial charge in [-0.3, -0.25) is 4.79 Å². The van der Waals surface area contributed by atoms with Gasteiger partial charge >= 0.3 is 0 Å². The molecule has 0 saturated heterocycles. The first-order chi connectivity index (χ1) is 9.63. The van der Waals surface area contributed by atoms with Gasteiger partial charge in [-0.2, -0.15) is 0 Å². The van der Waals surface area contributed by atoms with Gasteiger partial charge in [-0.15, -0.1) is 11.8 Å². The van der Waals surface area contributed by atoms with E-state index in [0.29, 0.717) is 5.75 Å². The molecule has 0 spiro atoms. The predicted molar refractivity (Wildman–Crippen MR) is 95.1 cm³/mol. The highest BCUT2D eigenvalue weighted by Crippen LogP contribution is 2.15. The number of carbonyl (C=O) groups excluding carboxylic acids is 1. The molecule has 0 fully saturated rings. The maximum atomic E-state index is 11.8. The largest absolute Gasteiger partial charge is 0.325 e. The SMILES string of the molecule is Cc1cccc(CSCC(=O)Nc2ccc(I)cc2)c1. The normalized spacial score (nSPS) is 10.3. The van der Waals surface area contributed by atoms with Crippen molar-refractivity contribution in [2.24, 2.45) is 0 Å². The zero-order chi connectivity index (χ0) is 14.4. The van der Waals surface area contributed by atoms with Gasteiger partial charge in [0, 0.05) is 15.0 Å². The molecular weight excluding hydrogens is 381 g/mol. The summed E-state index contributed by atoms with van der Waals surface area (Å²) in [5, 5.41) is 2.90. The lowest BCUT2D eigenvalue weighted by Crippen LogP contribution is -2.14. The number of amides is 1. The third-order valence-electron chi connectivity index (χ3n) is 2.71. The average molecular weight is 397 g/mol. The first-order valence-corrected chi connectivity index (χ1v) is 8.55. The van der Waals surface area contributed by atoms with E-state index >= 15 is 0 Å². The number of halogens is 1. The van der Waals surface area contributed by atoms with Crippen molar-refractivity contribution in [3.8, 4) is 0 Å². The second-order valence-corrected chi connectivity index (χ2v) is 6.77. The molecule has 0 aliphatic heterocycles. The molecular formula is C16H16INOS. The molecule has 0 aliphatic rings.